The Hall–Kier alpha value is -1.10. The molecule has 0 radical (unpaired) electrons. The maximum absolute atomic E-state index is 12.1. The van der Waals surface area contributed by atoms with E-state index in [-0.39, 0.29) is 29.2 Å². The summed E-state index contributed by atoms with van der Waals surface area (Å²) in [7, 11) is 0. The summed E-state index contributed by atoms with van der Waals surface area (Å²) in [5.74, 6) is 0.382. The lowest BCUT2D eigenvalue weighted by atomic mass is 9.95. The number of rotatable bonds is 7. The van der Waals surface area contributed by atoms with Gasteiger partial charge in [0.25, 0.3) is 0 Å². The molecule has 0 aromatic rings. The monoisotopic (exact) mass is 256 g/mol. The molecule has 1 unspecified atom stereocenters. The molecule has 0 heterocycles. The van der Waals surface area contributed by atoms with Gasteiger partial charge in [-0.2, -0.15) is 0 Å². The first-order valence-corrected chi connectivity index (χ1v) is 6.50. The third-order valence-electron chi connectivity index (χ3n) is 2.47. The zero-order chi connectivity index (χ0) is 14.3. The van der Waals surface area contributed by atoms with E-state index in [9.17, 15) is 4.79 Å². The Morgan fingerprint density at radius 1 is 1.28 bits per heavy atom. The molecule has 0 aromatic heterocycles. The summed E-state index contributed by atoms with van der Waals surface area (Å²) in [6.45, 7) is 10.6. The van der Waals surface area contributed by atoms with Crippen molar-refractivity contribution >= 4 is 11.7 Å². The molecule has 0 saturated carbocycles. The maximum atomic E-state index is 12.1. The van der Waals surface area contributed by atoms with Gasteiger partial charge in [-0.15, -0.1) is 0 Å². The first-order valence-electron chi connectivity index (χ1n) is 6.50. The van der Waals surface area contributed by atoms with Crippen molar-refractivity contribution in [3.8, 4) is 0 Å². The number of nitrogens with zero attached hydrogens (tertiary/aromatic N) is 1. The van der Waals surface area contributed by atoms with Crippen LogP contribution in [0.3, 0.4) is 0 Å². The number of hydrogen-bond donors (Lipinski definition) is 3. The third kappa shape index (κ3) is 8.06. The quantitative estimate of drug-likeness (QED) is 0.360. The minimum absolute atomic E-state index is 0.0351. The summed E-state index contributed by atoms with van der Waals surface area (Å²) in [5, 5.41) is 3.36. The van der Waals surface area contributed by atoms with E-state index in [1.165, 1.54) is 0 Å². The lowest BCUT2D eigenvalue weighted by Gasteiger charge is -2.28. The Kier molecular flexibility index (Phi) is 6.91. The molecule has 5 heteroatoms. The average molecular weight is 256 g/mol. The zero-order valence-electron chi connectivity index (χ0n) is 12.3. The van der Waals surface area contributed by atoms with Crippen LogP contribution in [0, 0.1) is 5.92 Å². The van der Waals surface area contributed by atoms with Crippen LogP contribution in [0.4, 0.5) is 0 Å². The van der Waals surface area contributed by atoms with Crippen LogP contribution in [-0.4, -0.2) is 29.9 Å². The summed E-state index contributed by atoms with van der Waals surface area (Å²) in [6.07, 6.45) is 1.55. The molecule has 0 aliphatic heterocycles. The van der Waals surface area contributed by atoms with E-state index in [0.717, 1.165) is 12.8 Å². The highest BCUT2D eigenvalue weighted by Gasteiger charge is 2.24. The van der Waals surface area contributed by atoms with E-state index in [4.69, 9.17) is 11.5 Å². The third-order valence-corrected chi connectivity index (χ3v) is 2.47. The Bertz CT molecular complexity index is 288. The highest BCUT2D eigenvalue weighted by Crippen LogP contribution is 2.11. The molecule has 1 atom stereocenters. The minimum atomic E-state index is -0.126. The Morgan fingerprint density at radius 3 is 2.22 bits per heavy atom. The first kappa shape index (κ1) is 16.9. The second-order valence-corrected chi connectivity index (χ2v) is 5.95. The normalized spacial score (nSPS) is 13.4. The van der Waals surface area contributed by atoms with E-state index in [1.807, 2.05) is 13.8 Å². The van der Waals surface area contributed by atoms with E-state index >= 15 is 0 Å². The van der Waals surface area contributed by atoms with Gasteiger partial charge >= 0.3 is 0 Å². The topological polar surface area (TPSA) is 93.5 Å². The number of nitrogens with two attached hydrogens (primary N) is 2. The second kappa shape index (κ2) is 7.36. The number of ketones is 1. The molecule has 18 heavy (non-hydrogen) atoms. The molecule has 5 N–H and O–H groups in total. The lowest BCUT2D eigenvalue weighted by Crippen LogP contribution is -2.49. The maximum Gasteiger partial charge on any atom is 0.185 e. The van der Waals surface area contributed by atoms with Crippen LogP contribution < -0.4 is 16.8 Å². The van der Waals surface area contributed by atoms with Gasteiger partial charge in [0.15, 0.2) is 11.7 Å². The van der Waals surface area contributed by atoms with Gasteiger partial charge in [0.2, 0.25) is 0 Å². The van der Waals surface area contributed by atoms with Gasteiger partial charge in [-0.05, 0) is 33.6 Å². The first-order chi connectivity index (χ1) is 8.13. The highest BCUT2D eigenvalue weighted by atomic mass is 16.1. The van der Waals surface area contributed by atoms with Crippen LogP contribution in [0.25, 0.3) is 0 Å². The van der Waals surface area contributed by atoms with E-state index in [1.54, 1.807) is 0 Å². The van der Waals surface area contributed by atoms with E-state index in [2.05, 4.69) is 31.1 Å². The molecule has 0 aliphatic carbocycles. The highest BCUT2D eigenvalue weighted by molar-refractivity contribution is 5.85. The zero-order valence-corrected chi connectivity index (χ0v) is 12.3. The fraction of sp³-hybridized carbons (Fsp3) is 0.846. The molecular weight excluding hydrogens is 228 g/mol. The molecule has 0 fully saturated rings. The van der Waals surface area contributed by atoms with Crippen LogP contribution in [-0.2, 0) is 4.79 Å². The molecular formula is C13H28N4O. The van der Waals surface area contributed by atoms with Crippen molar-refractivity contribution < 1.29 is 4.79 Å². The van der Waals surface area contributed by atoms with Crippen LogP contribution in [0.1, 0.15) is 47.5 Å². The fourth-order valence-electron chi connectivity index (χ4n) is 1.71. The summed E-state index contributed by atoms with van der Waals surface area (Å²) in [5.41, 5.74) is 10.5. The Labute approximate surface area is 110 Å². The van der Waals surface area contributed by atoms with Gasteiger partial charge in [0.1, 0.15) is 0 Å². The van der Waals surface area contributed by atoms with Crippen molar-refractivity contribution in [2.75, 3.05) is 6.54 Å². The van der Waals surface area contributed by atoms with Crippen molar-refractivity contribution in [3.63, 3.8) is 0 Å². The number of Topliss-reactive ketones (excluding diaryl/α,β-unsaturated/α-hetero) is 1. The van der Waals surface area contributed by atoms with Gasteiger partial charge in [-0.3, -0.25) is 9.79 Å². The van der Waals surface area contributed by atoms with Crippen molar-refractivity contribution in [2.24, 2.45) is 22.4 Å². The Morgan fingerprint density at radius 2 is 1.83 bits per heavy atom. The number of guanidine groups is 1. The molecule has 0 aliphatic rings. The summed E-state index contributed by atoms with van der Waals surface area (Å²) >= 11 is 0. The van der Waals surface area contributed by atoms with E-state index < -0.39 is 0 Å². The van der Waals surface area contributed by atoms with Crippen LogP contribution in [0.15, 0.2) is 4.99 Å². The lowest BCUT2D eigenvalue weighted by molar-refractivity contribution is -0.124. The standard InChI is InChI=1S/C13H28N4O/c1-9(2)11(18)10(17-13(3,4)5)7-6-8-16-12(14)15/h9-10,17H,6-8H2,1-5H3,(H4,14,15,16). The predicted molar refractivity (Wildman–Crippen MR) is 76.4 cm³/mol. The van der Waals surface area contributed by atoms with Crippen molar-refractivity contribution in [2.45, 2.75) is 59.0 Å². The van der Waals surface area contributed by atoms with Crippen LogP contribution in [0.2, 0.25) is 0 Å². The largest absolute Gasteiger partial charge is 0.370 e. The van der Waals surface area contributed by atoms with Crippen molar-refractivity contribution in [3.05, 3.63) is 0 Å². The molecule has 0 bridgehead atoms. The number of aliphatic imine (C=N–C) groups is 1. The predicted octanol–water partition coefficient (Wildman–Crippen LogP) is 1.02. The number of carbonyl (C=O) groups is 1. The SMILES string of the molecule is CC(C)C(=O)C(CCCN=C(N)N)NC(C)(C)C. The van der Waals surface area contributed by atoms with Crippen LogP contribution in [0.5, 0.6) is 0 Å². The van der Waals surface area contributed by atoms with Gasteiger partial charge in [-0.25, -0.2) is 0 Å². The van der Waals surface area contributed by atoms with Gasteiger partial charge in [-0.1, -0.05) is 13.8 Å². The smallest absolute Gasteiger partial charge is 0.185 e. The number of nitrogens with one attached hydrogen (secondary N) is 1. The molecule has 0 spiro atoms. The Balaban J connectivity index is 4.40. The molecule has 5 nitrogen and oxygen atoms in total. The summed E-state index contributed by atoms with van der Waals surface area (Å²) < 4.78 is 0. The number of hydrogen-bond acceptors (Lipinski definition) is 3. The minimum Gasteiger partial charge on any atom is -0.370 e. The summed E-state index contributed by atoms with van der Waals surface area (Å²) in [4.78, 5) is 16.0. The van der Waals surface area contributed by atoms with Gasteiger partial charge in [0.05, 0.1) is 6.04 Å². The van der Waals surface area contributed by atoms with Gasteiger partial charge in [0, 0.05) is 18.0 Å². The van der Waals surface area contributed by atoms with Crippen LogP contribution >= 0.6 is 0 Å². The molecule has 0 saturated heterocycles. The second-order valence-electron chi connectivity index (χ2n) is 5.95. The number of carbonyl (C=O) groups excluding carboxylic acids is 1. The van der Waals surface area contributed by atoms with Gasteiger partial charge < -0.3 is 16.8 Å². The van der Waals surface area contributed by atoms with Crippen molar-refractivity contribution in [1.82, 2.24) is 5.32 Å². The van der Waals surface area contributed by atoms with Crippen molar-refractivity contribution in [1.29, 1.82) is 0 Å². The fourth-order valence-corrected chi connectivity index (χ4v) is 1.71. The average Bonchev–Trinajstić information content (AvgIpc) is 2.19. The molecule has 0 aromatic carbocycles. The van der Waals surface area contributed by atoms with E-state index in [0.29, 0.717) is 6.54 Å². The molecule has 106 valence electrons. The molecule has 0 rings (SSSR count). The summed E-state index contributed by atoms with van der Waals surface area (Å²) in [6, 6.07) is -0.126. The molecule has 0 amide bonds.